The molecule has 1 rings (SSSR count). The van der Waals surface area contributed by atoms with Crippen LogP contribution in [0, 0.1) is 13.8 Å². The predicted molar refractivity (Wildman–Crippen MR) is 81.4 cm³/mol. The lowest BCUT2D eigenvalue weighted by Crippen LogP contribution is -2.39. The Kier molecular flexibility index (Phi) is 6.31. The van der Waals surface area contributed by atoms with Gasteiger partial charge >= 0.3 is 0 Å². The summed E-state index contributed by atoms with van der Waals surface area (Å²) in [5.74, 6) is -0.785. The first kappa shape index (κ1) is 17.3. The van der Waals surface area contributed by atoms with Gasteiger partial charge in [-0.2, -0.15) is 8.42 Å². The van der Waals surface area contributed by atoms with E-state index in [-0.39, 0.29) is 5.75 Å². The van der Waals surface area contributed by atoms with Gasteiger partial charge in [0.15, 0.2) is 5.25 Å². The summed E-state index contributed by atoms with van der Waals surface area (Å²) >= 11 is 0. The Balaban J connectivity index is 2.68. The molecule has 20 heavy (non-hydrogen) atoms. The molecule has 1 unspecified atom stereocenters. The molecule has 9 heteroatoms. The van der Waals surface area contributed by atoms with E-state index < -0.39 is 21.3 Å². The SMILES string of the molecule is CNC(=O)C(CSSc1ncc(C)cc1C)S(=O)(=O)O. The minimum absolute atomic E-state index is 0.0574. The Morgan fingerprint density at radius 2 is 2.15 bits per heavy atom. The molecule has 6 nitrogen and oxygen atoms in total. The number of carbonyl (C=O) groups excluding carboxylic acids is 1. The summed E-state index contributed by atoms with van der Waals surface area (Å²) in [6.45, 7) is 3.84. The molecule has 0 spiro atoms. The van der Waals surface area contributed by atoms with Crippen LogP contribution in [0.4, 0.5) is 0 Å². The average molecular weight is 336 g/mol. The maximum atomic E-state index is 11.4. The fourth-order valence-corrected chi connectivity index (χ4v) is 5.15. The van der Waals surface area contributed by atoms with Crippen LogP contribution >= 0.6 is 21.6 Å². The van der Waals surface area contributed by atoms with E-state index in [2.05, 4.69) is 10.3 Å². The number of rotatable bonds is 6. The van der Waals surface area contributed by atoms with Gasteiger partial charge in [-0.3, -0.25) is 9.35 Å². The summed E-state index contributed by atoms with van der Waals surface area (Å²) < 4.78 is 31.3. The molecule has 0 aromatic carbocycles. The lowest BCUT2D eigenvalue weighted by Gasteiger charge is -2.11. The van der Waals surface area contributed by atoms with Crippen molar-refractivity contribution >= 4 is 37.6 Å². The minimum Gasteiger partial charge on any atom is -0.358 e. The maximum absolute atomic E-state index is 11.4. The van der Waals surface area contributed by atoms with Gasteiger partial charge < -0.3 is 5.32 Å². The van der Waals surface area contributed by atoms with Crippen LogP contribution in [0.5, 0.6) is 0 Å². The van der Waals surface area contributed by atoms with Crippen molar-refractivity contribution in [1.29, 1.82) is 0 Å². The number of nitrogens with zero attached hydrogens (tertiary/aromatic N) is 1. The van der Waals surface area contributed by atoms with Crippen LogP contribution in [0.1, 0.15) is 11.1 Å². The van der Waals surface area contributed by atoms with Gasteiger partial charge in [-0.25, -0.2) is 4.98 Å². The molecule has 1 heterocycles. The van der Waals surface area contributed by atoms with Crippen molar-refractivity contribution in [1.82, 2.24) is 10.3 Å². The van der Waals surface area contributed by atoms with Gasteiger partial charge in [-0.1, -0.05) is 16.9 Å². The molecule has 0 fully saturated rings. The van der Waals surface area contributed by atoms with E-state index in [4.69, 9.17) is 4.55 Å². The van der Waals surface area contributed by atoms with Gasteiger partial charge in [0.1, 0.15) is 5.03 Å². The Labute approximate surface area is 126 Å². The Bertz CT molecular complexity index is 589. The predicted octanol–water partition coefficient (Wildman–Crippen LogP) is 1.44. The van der Waals surface area contributed by atoms with Crippen molar-refractivity contribution in [3.8, 4) is 0 Å². The van der Waals surface area contributed by atoms with Gasteiger partial charge in [0, 0.05) is 19.0 Å². The van der Waals surface area contributed by atoms with E-state index in [0.717, 1.165) is 26.9 Å². The number of aryl methyl sites for hydroxylation is 2. The van der Waals surface area contributed by atoms with Crippen LogP contribution < -0.4 is 5.32 Å². The minimum atomic E-state index is -4.41. The first-order chi connectivity index (χ1) is 9.25. The zero-order chi connectivity index (χ0) is 15.3. The van der Waals surface area contributed by atoms with Crippen molar-refractivity contribution in [3.05, 3.63) is 23.4 Å². The quantitative estimate of drug-likeness (QED) is 0.599. The second kappa shape index (κ2) is 7.30. The van der Waals surface area contributed by atoms with Crippen LogP contribution in [0.2, 0.25) is 0 Å². The van der Waals surface area contributed by atoms with Gasteiger partial charge in [0.05, 0.1) is 0 Å². The third-order valence-electron chi connectivity index (χ3n) is 2.42. The molecule has 0 aliphatic rings. The second-order valence-electron chi connectivity index (χ2n) is 4.12. The van der Waals surface area contributed by atoms with Crippen molar-refractivity contribution in [2.24, 2.45) is 0 Å². The van der Waals surface area contributed by atoms with E-state index in [1.54, 1.807) is 6.20 Å². The molecule has 0 aliphatic heterocycles. The molecule has 0 radical (unpaired) electrons. The maximum Gasteiger partial charge on any atom is 0.277 e. The van der Waals surface area contributed by atoms with Gasteiger partial charge in [-0.05, 0) is 35.8 Å². The first-order valence-corrected chi connectivity index (χ1v) is 9.48. The summed E-state index contributed by atoms with van der Waals surface area (Å²) in [5, 5.41) is 1.50. The topological polar surface area (TPSA) is 96.4 Å². The average Bonchev–Trinajstić information content (AvgIpc) is 2.34. The van der Waals surface area contributed by atoms with Crippen molar-refractivity contribution in [2.75, 3.05) is 12.8 Å². The number of nitrogens with one attached hydrogen (secondary N) is 1. The molecule has 1 aromatic rings. The summed E-state index contributed by atoms with van der Waals surface area (Å²) in [4.78, 5) is 15.7. The van der Waals surface area contributed by atoms with E-state index >= 15 is 0 Å². The molecular weight excluding hydrogens is 320 g/mol. The molecule has 0 bridgehead atoms. The van der Waals surface area contributed by atoms with Crippen LogP contribution in [0.3, 0.4) is 0 Å². The number of aromatic nitrogens is 1. The zero-order valence-electron chi connectivity index (χ0n) is 11.3. The third-order valence-corrected chi connectivity index (χ3v) is 6.14. The van der Waals surface area contributed by atoms with Crippen LogP contribution in [-0.2, 0) is 14.9 Å². The normalized spacial score (nSPS) is 13.0. The monoisotopic (exact) mass is 336 g/mol. The zero-order valence-corrected chi connectivity index (χ0v) is 13.7. The van der Waals surface area contributed by atoms with E-state index in [0.29, 0.717) is 0 Å². The third kappa shape index (κ3) is 4.97. The fourth-order valence-electron chi connectivity index (χ4n) is 1.40. The number of amides is 1. The molecule has 1 atom stereocenters. The molecule has 2 N–H and O–H groups in total. The highest BCUT2D eigenvalue weighted by Gasteiger charge is 2.30. The van der Waals surface area contributed by atoms with Gasteiger partial charge in [0.2, 0.25) is 5.91 Å². The van der Waals surface area contributed by atoms with Crippen LogP contribution in [0.25, 0.3) is 0 Å². The van der Waals surface area contributed by atoms with Crippen molar-refractivity contribution in [3.63, 3.8) is 0 Å². The van der Waals surface area contributed by atoms with E-state index in [1.807, 2.05) is 19.9 Å². The number of hydrogen-bond acceptors (Lipinski definition) is 6. The lowest BCUT2D eigenvalue weighted by molar-refractivity contribution is -0.119. The first-order valence-electron chi connectivity index (χ1n) is 5.66. The molecule has 0 aliphatic carbocycles. The van der Waals surface area contributed by atoms with Crippen molar-refractivity contribution in [2.45, 2.75) is 24.1 Å². The highest BCUT2D eigenvalue weighted by atomic mass is 33.1. The number of pyridine rings is 1. The molecule has 112 valence electrons. The smallest absolute Gasteiger partial charge is 0.277 e. The van der Waals surface area contributed by atoms with Crippen LogP contribution in [-0.4, -0.2) is 41.9 Å². The Morgan fingerprint density at radius 3 is 2.65 bits per heavy atom. The molecule has 0 saturated carbocycles. The molecular formula is C11H16N2O4S3. The fraction of sp³-hybridized carbons (Fsp3) is 0.455. The summed E-state index contributed by atoms with van der Waals surface area (Å²) in [7, 11) is -0.653. The highest BCUT2D eigenvalue weighted by Crippen LogP contribution is 2.33. The molecule has 0 saturated heterocycles. The summed E-state index contributed by atoms with van der Waals surface area (Å²) in [6, 6.07) is 1.97. The molecule has 1 amide bonds. The van der Waals surface area contributed by atoms with Gasteiger partial charge in [-0.15, -0.1) is 0 Å². The Hall–Kier alpha value is -0.770. The number of carbonyl (C=O) groups is 1. The van der Waals surface area contributed by atoms with Gasteiger partial charge in [0.25, 0.3) is 10.1 Å². The summed E-state index contributed by atoms with van der Waals surface area (Å²) in [5.41, 5.74) is 2.02. The molecule has 1 aromatic heterocycles. The second-order valence-corrected chi connectivity index (χ2v) is 8.05. The standard InChI is InChI=1S/C11H16N2O4S3/c1-7-4-8(2)11(13-5-7)19-18-6-9(10(14)12-3)20(15,16)17/h4-5,9H,6H2,1-3H3,(H,12,14)(H,15,16,17). The van der Waals surface area contributed by atoms with Crippen LogP contribution in [0.15, 0.2) is 17.3 Å². The summed E-state index contributed by atoms with van der Waals surface area (Å²) in [6.07, 6.45) is 1.72. The number of hydrogen-bond donors (Lipinski definition) is 2. The highest BCUT2D eigenvalue weighted by molar-refractivity contribution is 8.76. The van der Waals surface area contributed by atoms with E-state index in [1.165, 1.54) is 17.8 Å². The van der Waals surface area contributed by atoms with Crippen molar-refractivity contribution < 1.29 is 17.8 Å². The Morgan fingerprint density at radius 1 is 1.50 bits per heavy atom. The van der Waals surface area contributed by atoms with E-state index in [9.17, 15) is 13.2 Å². The largest absolute Gasteiger partial charge is 0.358 e. The lowest BCUT2D eigenvalue weighted by atomic mass is 10.2.